The molecule has 2 saturated heterocycles. The van der Waals surface area contributed by atoms with Crippen LogP contribution in [0.4, 0.5) is 9.18 Å². The summed E-state index contributed by atoms with van der Waals surface area (Å²) >= 11 is 0. The molecular weight excluding hydrogens is 349 g/mol. The number of alkyl halides is 1. The summed E-state index contributed by atoms with van der Waals surface area (Å²) in [5, 5.41) is 0. The molecular formula is C20H28FN3O3. The number of hydrogen-bond acceptors (Lipinski definition) is 4. The van der Waals surface area contributed by atoms with Crippen LogP contribution in [0.3, 0.4) is 0 Å². The number of nitrogens with one attached hydrogen (secondary N) is 1. The maximum Gasteiger partial charge on any atom is 0.409 e. The molecule has 6 nitrogen and oxygen atoms in total. The molecule has 0 aromatic carbocycles. The fourth-order valence-corrected chi connectivity index (χ4v) is 5.17. The molecule has 27 heavy (non-hydrogen) atoms. The number of aromatic nitrogens is 1. The van der Waals surface area contributed by atoms with E-state index in [9.17, 15) is 14.0 Å². The lowest BCUT2D eigenvalue weighted by Crippen LogP contribution is -2.54. The van der Waals surface area contributed by atoms with Gasteiger partial charge in [-0.3, -0.25) is 4.79 Å². The topological polar surface area (TPSA) is 65.6 Å². The van der Waals surface area contributed by atoms with Gasteiger partial charge in [0.15, 0.2) is 0 Å². The summed E-state index contributed by atoms with van der Waals surface area (Å²) in [6.07, 6.45) is 6.63. The first-order valence-electron chi connectivity index (χ1n) is 9.99. The summed E-state index contributed by atoms with van der Waals surface area (Å²) in [6, 6.07) is 4.44. The van der Waals surface area contributed by atoms with Crippen molar-refractivity contribution in [2.24, 2.45) is 5.41 Å². The quantitative estimate of drug-likeness (QED) is 0.876. The standard InChI is InChI=1S/C20H28FN3O3/c21-6-11-27-19(26)24-10-5-20(14-24)12-16(13-20)23-8-3-15(4-9-23)17-2-1-7-22-18(17)25/h1-2,7,15-16H,3-6,8-14H2,(H,22,25). The van der Waals surface area contributed by atoms with Gasteiger partial charge in [-0.15, -0.1) is 0 Å². The molecule has 3 fully saturated rings. The Balaban J connectivity index is 1.25. The van der Waals surface area contributed by atoms with Crippen LogP contribution in [0, 0.1) is 5.41 Å². The monoisotopic (exact) mass is 377 g/mol. The van der Waals surface area contributed by atoms with Gasteiger partial charge < -0.3 is 19.5 Å². The zero-order valence-corrected chi connectivity index (χ0v) is 15.7. The number of amides is 1. The van der Waals surface area contributed by atoms with Gasteiger partial charge >= 0.3 is 6.09 Å². The van der Waals surface area contributed by atoms with E-state index in [-0.39, 0.29) is 23.7 Å². The lowest BCUT2D eigenvalue weighted by atomic mass is 9.64. The summed E-state index contributed by atoms with van der Waals surface area (Å²) in [4.78, 5) is 31.0. The molecule has 4 rings (SSSR count). The van der Waals surface area contributed by atoms with E-state index in [1.54, 1.807) is 11.1 Å². The van der Waals surface area contributed by atoms with E-state index < -0.39 is 6.67 Å². The van der Waals surface area contributed by atoms with E-state index in [0.717, 1.165) is 63.8 Å². The largest absolute Gasteiger partial charge is 0.447 e. The van der Waals surface area contributed by atoms with E-state index in [1.807, 2.05) is 12.1 Å². The Hall–Kier alpha value is -1.89. The zero-order chi connectivity index (χ0) is 18.9. The number of H-pyrrole nitrogens is 1. The minimum Gasteiger partial charge on any atom is -0.447 e. The smallest absolute Gasteiger partial charge is 0.409 e. The minimum atomic E-state index is -0.627. The molecule has 3 aliphatic rings. The molecule has 148 valence electrons. The van der Waals surface area contributed by atoms with Crippen LogP contribution >= 0.6 is 0 Å². The molecule has 1 aliphatic carbocycles. The fraction of sp³-hybridized carbons (Fsp3) is 0.700. The number of carbonyl (C=O) groups excluding carboxylic acids is 1. The Labute approximate surface area is 158 Å². The van der Waals surface area contributed by atoms with Crippen molar-refractivity contribution in [1.82, 2.24) is 14.8 Å². The number of carbonyl (C=O) groups is 1. The van der Waals surface area contributed by atoms with Gasteiger partial charge in [0.05, 0.1) is 0 Å². The molecule has 3 heterocycles. The second kappa shape index (κ2) is 7.62. The van der Waals surface area contributed by atoms with Gasteiger partial charge in [-0.05, 0) is 62.6 Å². The molecule has 7 heteroatoms. The average molecular weight is 377 g/mol. The van der Waals surface area contributed by atoms with Crippen LogP contribution in [-0.2, 0) is 4.74 Å². The van der Waals surface area contributed by atoms with Crippen LogP contribution in [0.15, 0.2) is 23.1 Å². The molecule has 0 bridgehead atoms. The van der Waals surface area contributed by atoms with E-state index in [0.29, 0.717) is 12.0 Å². The molecule has 1 spiro atoms. The van der Waals surface area contributed by atoms with E-state index in [1.165, 1.54) is 0 Å². The fourth-order valence-electron chi connectivity index (χ4n) is 5.17. The Morgan fingerprint density at radius 3 is 2.78 bits per heavy atom. The number of rotatable bonds is 4. The van der Waals surface area contributed by atoms with Crippen molar-refractivity contribution in [3.8, 4) is 0 Å². The summed E-state index contributed by atoms with van der Waals surface area (Å²) in [5.41, 5.74) is 1.19. The van der Waals surface area contributed by atoms with Crippen molar-refractivity contribution in [1.29, 1.82) is 0 Å². The third-order valence-corrected chi connectivity index (χ3v) is 6.67. The number of nitrogens with zero attached hydrogens (tertiary/aromatic N) is 2. The minimum absolute atomic E-state index is 0.0456. The highest BCUT2D eigenvalue weighted by molar-refractivity contribution is 5.68. The zero-order valence-electron chi connectivity index (χ0n) is 15.7. The van der Waals surface area contributed by atoms with Crippen LogP contribution in [0.1, 0.15) is 43.6 Å². The Morgan fingerprint density at radius 2 is 2.07 bits per heavy atom. The first kappa shape index (κ1) is 18.5. The van der Waals surface area contributed by atoms with Gasteiger partial charge in [-0.1, -0.05) is 6.07 Å². The highest BCUT2D eigenvalue weighted by Gasteiger charge is 2.51. The Bertz CT molecular complexity index is 723. The van der Waals surface area contributed by atoms with E-state index in [4.69, 9.17) is 4.74 Å². The van der Waals surface area contributed by atoms with Crippen molar-refractivity contribution >= 4 is 6.09 Å². The highest BCUT2D eigenvalue weighted by Crippen LogP contribution is 2.50. The second-order valence-corrected chi connectivity index (χ2v) is 8.30. The van der Waals surface area contributed by atoms with Crippen LogP contribution in [0.25, 0.3) is 0 Å². The molecule has 0 radical (unpaired) electrons. The molecule has 0 atom stereocenters. The van der Waals surface area contributed by atoms with Gasteiger partial charge in [0, 0.05) is 30.9 Å². The van der Waals surface area contributed by atoms with Crippen molar-refractivity contribution in [2.75, 3.05) is 39.5 Å². The normalized spacial score (nSPS) is 29.1. The summed E-state index contributed by atoms with van der Waals surface area (Å²) in [7, 11) is 0. The van der Waals surface area contributed by atoms with Gasteiger partial charge in [-0.25, -0.2) is 9.18 Å². The van der Waals surface area contributed by atoms with Crippen molar-refractivity contribution in [2.45, 2.75) is 44.1 Å². The molecule has 1 N–H and O–H groups in total. The number of aromatic amines is 1. The van der Waals surface area contributed by atoms with Crippen LogP contribution in [-0.4, -0.2) is 66.4 Å². The van der Waals surface area contributed by atoms with Gasteiger partial charge in [0.1, 0.15) is 13.3 Å². The van der Waals surface area contributed by atoms with E-state index >= 15 is 0 Å². The number of halogens is 1. The number of pyridine rings is 1. The predicted octanol–water partition coefficient (Wildman–Crippen LogP) is 2.51. The maximum absolute atomic E-state index is 12.2. The second-order valence-electron chi connectivity index (χ2n) is 8.30. The third kappa shape index (κ3) is 3.74. The first-order valence-corrected chi connectivity index (χ1v) is 9.99. The molecule has 1 amide bonds. The lowest BCUT2D eigenvalue weighted by Gasteiger charge is -2.51. The number of ether oxygens (including phenoxy) is 1. The molecule has 2 aliphatic heterocycles. The average Bonchev–Trinajstić information content (AvgIpc) is 3.11. The van der Waals surface area contributed by atoms with Crippen molar-refractivity contribution < 1.29 is 13.9 Å². The van der Waals surface area contributed by atoms with Crippen molar-refractivity contribution in [3.05, 3.63) is 34.2 Å². The Kier molecular flexibility index (Phi) is 5.21. The molecule has 1 aromatic heterocycles. The van der Waals surface area contributed by atoms with Gasteiger partial charge in [0.25, 0.3) is 5.56 Å². The van der Waals surface area contributed by atoms with Gasteiger partial charge in [0.2, 0.25) is 0 Å². The number of likely N-dealkylation sites (tertiary alicyclic amines) is 2. The summed E-state index contributed by atoms with van der Waals surface area (Å²) in [6.45, 7) is 2.74. The Morgan fingerprint density at radius 1 is 1.30 bits per heavy atom. The van der Waals surface area contributed by atoms with Crippen LogP contribution in [0.2, 0.25) is 0 Å². The highest BCUT2D eigenvalue weighted by atomic mass is 19.1. The third-order valence-electron chi connectivity index (χ3n) is 6.67. The molecule has 0 unspecified atom stereocenters. The lowest BCUT2D eigenvalue weighted by molar-refractivity contribution is -0.00500. The van der Waals surface area contributed by atoms with Gasteiger partial charge in [-0.2, -0.15) is 0 Å². The van der Waals surface area contributed by atoms with Crippen LogP contribution < -0.4 is 5.56 Å². The predicted molar refractivity (Wildman–Crippen MR) is 99.6 cm³/mol. The molecule has 1 saturated carbocycles. The van der Waals surface area contributed by atoms with Crippen molar-refractivity contribution in [3.63, 3.8) is 0 Å². The first-order chi connectivity index (χ1) is 13.1. The van der Waals surface area contributed by atoms with E-state index in [2.05, 4.69) is 9.88 Å². The molecule has 1 aromatic rings. The van der Waals surface area contributed by atoms with Crippen LogP contribution in [0.5, 0.6) is 0 Å². The SMILES string of the molecule is O=C(OCCF)N1CCC2(CC(N3CCC(c4ccc[nH]c4=O)CC3)C2)C1. The summed E-state index contributed by atoms with van der Waals surface area (Å²) in [5.74, 6) is 0.354. The maximum atomic E-state index is 12.2. The summed E-state index contributed by atoms with van der Waals surface area (Å²) < 4.78 is 17.1. The number of hydrogen-bond donors (Lipinski definition) is 1. The number of piperidine rings is 1.